The summed E-state index contributed by atoms with van der Waals surface area (Å²) in [5.74, 6) is 0.529. The number of amides is 1. The first kappa shape index (κ1) is 12.2. The molecular formula is C15H14N4O. The number of aromatic nitrogens is 2. The van der Waals surface area contributed by atoms with Gasteiger partial charge < -0.3 is 15.5 Å². The van der Waals surface area contributed by atoms with Crippen LogP contribution in [-0.2, 0) is 4.79 Å². The number of pyridine rings is 1. The largest absolute Gasteiger partial charge is 0.399 e. The van der Waals surface area contributed by atoms with Gasteiger partial charge in [-0.1, -0.05) is 6.07 Å². The third-order valence-electron chi connectivity index (χ3n) is 3.23. The number of hydrogen-bond acceptors (Lipinski definition) is 3. The van der Waals surface area contributed by atoms with Crippen LogP contribution in [0.5, 0.6) is 0 Å². The Bertz CT molecular complexity index is 792. The lowest BCUT2D eigenvalue weighted by molar-refractivity contribution is -0.105. The molecule has 3 aromatic rings. The smallest absolute Gasteiger partial charge is 0.212 e. The first-order chi connectivity index (χ1) is 9.67. The van der Waals surface area contributed by atoms with Crippen molar-refractivity contribution in [2.45, 2.75) is 6.92 Å². The molecule has 5 nitrogen and oxygen atoms in total. The third kappa shape index (κ3) is 2.09. The number of imidazole rings is 1. The predicted molar refractivity (Wildman–Crippen MR) is 79.5 cm³/mol. The average Bonchev–Trinajstić information content (AvgIpc) is 2.83. The minimum atomic E-state index is 0.529. The third-order valence-corrected chi connectivity index (χ3v) is 3.23. The van der Waals surface area contributed by atoms with Crippen molar-refractivity contribution in [3.63, 3.8) is 0 Å². The Hall–Kier alpha value is -2.82. The number of nitrogens with zero attached hydrogens (tertiary/aromatic N) is 2. The zero-order chi connectivity index (χ0) is 14.1. The Labute approximate surface area is 116 Å². The van der Waals surface area contributed by atoms with Gasteiger partial charge in [0, 0.05) is 11.9 Å². The first-order valence-electron chi connectivity index (χ1n) is 6.23. The molecule has 0 atom stereocenters. The molecule has 0 saturated heterocycles. The van der Waals surface area contributed by atoms with E-state index in [0.29, 0.717) is 12.2 Å². The van der Waals surface area contributed by atoms with E-state index >= 15 is 0 Å². The lowest BCUT2D eigenvalue weighted by Gasteiger charge is -2.07. The van der Waals surface area contributed by atoms with E-state index in [1.165, 1.54) is 0 Å². The van der Waals surface area contributed by atoms with Crippen molar-refractivity contribution < 1.29 is 4.79 Å². The minimum Gasteiger partial charge on any atom is -0.399 e. The molecule has 2 heterocycles. The van der Waals surface area contributed by atoms with Gasteiger partial charge in [-0.25, -0.2) is 4.98 Å². The quantitative estimate of drug-likeness (QED) is 0.565. The molecule has 0 aliphatic carbocycles. The highest BCUT2D eigenvalue weighted by Gasteiger charge is 2.06. The van der Waals surface area contributed by atoms with Gasteiger partial charge in [0.05, 0.1) is 6.20 Å². The average molecular weight is 266 g/mol. The van der Waals surface area contributed by atoms with E-state index in [0.717, 1.165) is 28.0 Å². The molecule has 1 aromatic carbocycles. The van der Waals surface area contributed by atoms with Crippen LogP contribution in [0.3, 0.4) is 0 Å². The Balaban J connectivity index is 2.12. The molecule has 2 aromatic heterocycles. The number of nitrogen functional groups attached to an aromatic ring is 1. The van der Waals surface area contributed by atoms with Gasteiger partial charge in [0.25, 0.3) is 0 Å². The van der Waals surface area contributed by atoms with Crippen molar-refractivity contribution in [2.75, 3.05) is 11.1 Å². The van der Waals surface area contributed by atoms with Gasteiger partial charge in [0.2, 0.25) is 6.41 Å². The van der Waals surface area contributed by atoms with Crippen molar-refractivity contribution in [1.29, 1.82) is 0 Å². The molecule has 0 saturated carbocycles. The number of carbonyl (C=O) groups excluding carboxylic acids is 1. The summed E-state index contributed by atoms with van der Waals surface area (Å²) in [4.78, 5) is 14.7. The van der Waals surface area contributed by atoms with E-state index in [4.69, 9.17) is 5.73 Å². The predicted octanol–water partition coefficient (Wildman–Crippen LogP) is 2.46. The minimum absolute atomic E-state index is 0.529. The van der Waals surface area contributed by atoms with E-state index in [9.17, 15) is 4.79 Å². The van der Waals surface area contributed by atoms with Crippen LogP contribution in [0.15, 0.2) is 42.7 Å². The van der Waals surface area contributed by atoms with Gasteiger partial charge in [-0.05, 0) is 47.9 Å². The standard InChI is InChI=1S/C15H14N4O/c1-10-2-4-12(16)6-13(10)11-3-5-15-18-14(17-9-20)8-19(15)7-11/h2-9H,16H2,1H3,(H,17,20). The Kier molecular flexibility index (Phi) is 2.87. The molecule has 0 fully saturated rings. The molecule has 0 aliphatic rings. The van der Waals surface area contributed by atoms with Crippen LogP contribution in [-0.4, -0.2) is 15.8 Å². The highest BCUT2D eigenvalue weighted by Crippen LogP contribution is 2.26. The van der Waals surface area contributed by atoms with E-state index < -0.39 is 0 Å². The summed E-state index contributed by atoms with van der Waals surface area (Å²) in [6.07, 6.45) is 4.36. The Morgan fingerprint density at radius 2 is 2.10 bits per heavy atom. The Morgan fingerprint density at radius 1 is 1.25 bits per heavy atom. The van der Waals surface area contributed by atoms with Gasteiger partial charge in [0.15, 0.2) is 5.82 Å². The van der Waals surface area contributed by atoms with Crippen molar-refractivity contribution >= 4 is 23.6 Å². The summed E-state index contributed by atoms with van der Waals surface area (Å²) in [5.41, 5.74) is 10.7. The number of hydrogen-bond donors (Lipinski definition) is 2. The second kappa shape index (κ2) is 4.70. The van der Waals surface area contributed by atoms with Gasteiger partial charge >= 0.3 is 0 Å². The molecule has 0 bridgehead atoms. The zero-order valence-corrected chi connectivity index (χ0v) is 11.0. The van der Waals surface area contributed by atoms with E-state index in [1.807, 2.05) is 47.9 Å². The van der Waals surface area contributed by atoms with Gasteiger partial charge in [-0.3, -0.25) is 4.79 Å². The molecule has 0 aliphatic heterocycles. The second-order valence-electron chi connectivity index (χ2n) is 4.65. The fraction of sp³-hybridized carbons (Fsp3) is 0.0667. The second-order valence-corrected chi connectivity index (χ2v) is 4.65. The zero-order valence-electron chi connectivity index (χ0n) is 11.0. The lowest BCUT2D eigenvalue weighted by Crippen LogP contribution is -1.92. The topological polar surface area (TPSA) is 72.4 Å². The molecule has 0 radical (unpaired) electrons. The number of anilines is 2. The SMILES string of the molecule is Cc1ccc(N)cc1-c1ccc2nc(NC=O)cn2c1. The number of rotatable bonds is 3. The number of benzene rings is 1. The number of aryl methyl sites for hydroxylation is 1. The van der Waals surface area contributed by atoms with Crippen LogP contribution in [0, 0.1) is 6.92 Å². The molecule has 0 unspecified atom stereocenters. The van der Waals surface area contributed by atoms with E-state index in [1.54, 1.807) is 6.20 Å². The Morgan fingerprint density at radius 3 is 2.90 bits per heavy atom. The molecular weight excluding hydrogens is 252 g/mol. The van der Waals surface area contributed by atoms with Crippen LogP contribution >= 0.6 is 0 Å². The van der Waals surface area contributed by atoms with Gasteiger partial charge in [-0.15, -0.1) is 0 Å². The van der Waals surface area contributed by atoms with Crippen molar-refractivity contribution in [2.24, 2.45) is 0 Å². The van der Waals surface area contributed by atoms with Crippen LogP contribution < -0.4 is 11.1 Å². The van der Waals surface area contributed by atoms with Crippen LogP contribution in [0.25, 0.3) is 16.8 Å². The molecule has 5 heteroatoms. The van der Waals surface area contributed by atoms with Crippen molar-refractivity contribution in [3.05, 3.63) is 48.3 Å². The maximum absolute atomic E-state index is 10.4. The molecule has 3 N–H and O–H groups in total. The summed E-state index contributed by atoms with van der Waals surface area (Å²) in [6.45, 7) is 2.05. The van der Waals surface area contributed by atoms with E-state index in [2.05, 4.69) is 10.3 Å². The number of fused-ring (bicyclic) bond motifs is 1. The maximum Gasteiger partial charge on any atom is 0.212 e. The molecule has 20 heavy (non-hydrogen) atoms. The number of carbonyl (C=O) groups is 1. The number of nitrogens with two attached hydrogens (primary N) is 1. The highest BCUT2D eigenvalue weighted by molar-refractivity contribution is 5.73. The fourth-order valence-electron chi connectivity index (χ4n) is 2.23. The van der Waals surface area contributed by atoms with Crippen molar-refractivity contribution in [1.82, 2.24) is 9.38 Å². The highest BCUT2D eigenvalue weighted by atomic mass is 16.1. The summed E-state index contributed by atoms with van der Waals surface area (Å²) < 4.78 is 1.88. The molecule has 1 amide bonds. The van der Waals surface area contributed by atoms with Gasteiger partial charge in [0.1, 0.15) is 5.65 Å². The molecule has 100 valence electrons. The summed E-state index contributed by atoms with van der Waals surface area (Å²) in [5, 5.41) is 2.54. The maximum atomic E-state index is 10.4. The van der Waals surface area contributed by atoms with Crippen LogP contribution in [0.2, 0.25) is 0 Å². The summed E-state index contributed by atoms with van der Waals surface area (Å²) >= 11 is 0. The van der Waals surface area contributed by atoms with Crippen molar-refractivity contribution in [3.8, 4) is 11.1 Å². The molecule has 0 spiro atoms. The normalized spacial score (nSPS) is 10.7. The summed E-state index contributed by atoms with van der Waals surface area (Å²) in [6, 6.07) is 9.75. The van der Waals surface area contributed by atoms with E-state index in [-0.39, 0.29) is 0 Å². The first-order valence-corrected chi connectivity index (χ1v) is 6.23. The fourth-order valence-corrected chi connectivity index (χ4v) is 2.23. The van der Waals surface area contributed by atoms with Crippen LogP contribution in [0.1, 0.15) is 5.56 Å². The number of nitrogens with one attached hydrogen (secondary N) is 1. The molecule has 3 rings (SSSR count). The monoisotopic (exact) mass is 266 g/mol. The lowest BCUT2D eigenvalue weighted by atomic mass is 10.0. The van der Waals surface area contributed by atoms with Gasteiger partial charge in [-0.2, -0.15) is 0 Å². The summed E-state index contributed by atoms with van der Waals surface area (Å²) in [7, 11) is 0. The van der Waals surface area contributed by atoms with Crippen LogP contribution in [0.4, 0.5) is 11.5 Å².